The van der Waals surface area contributed by atoms with Crippen molar-refractivity contribution >= 4 is 15.7 Å². The molecule has 0 saturated heterocycles. The molecule has 2 N–H and O–H groups in total. The maximum absolute atomic E-state index is 11.7. The number of anilines is 1. The zero-order chi connectivity index (χ0) is 12.5. The lowest BCUT2D eigenvalue weighted by Crippen LogP contribution is -2.25. The van der Waals surface area contributed by atoms with Crippen molar-refractivity contribution in [1.82, 2.24) is 5.32 Å². The van der Waals surface area contributed by atoms with Crippen LogP contribution in [-0.2, 0) is 23.0 Å². The minimum atomic E-state index is -3.25. The molecule has 0 fully saturated rings. The Morgan fingerprint density at radius 3 is 2.76 bits per heavy atom. The van der Waals surface area contributed by atoms with E-state index >= 15 is 0 Å². The molecule has 1 aromatic rings. The Morgan fingerprint density at radius 2 is 2.06 bits per heavy atom. The Bertz CT molecular complexity index is 509. The molecule has 1 aliphatic rings. The van der Waals surface area contributed by atoms with Crippen molar-refractivity contribution in [3.05, 3.63) is 29.3 Å². The third kappa shape index (κ3) is 2.79. The van der Waals surface area contributed by atoms with Gasteiger partial charge in [-0.3, -0.25) is 4.72 Å². The van der Waals surface area contributed by atoms with Gasteiger partial charge in [0.2, 0.25) is 10.0 Å². The number of sulfonamides is 1. The van der Waals surface area contributed by atoms with Gasteiger partial charge >= 0.3 is 0 Å². The largest absolute Gasteiger partial charge is 0.312 e. The lowest BCUT2D eigenvalue weighted by molar-refractivity contribution is 0.592. The molecule has 0 unspecified atom stereocenters. The molecule has 0 atom stereocenters. The zero-order valence-corrected chi connectivity index (χ0v) is 11.0. The summed E-state index contributed by atoms with van der Waals surface area (Å²) >= 11 is 0. The number of rotatable bonds is 3. The molecule has 4 nitrogen and oxygen atoms in total. The summed E-state index contributed by atoms with van der Waals surface area (Å²) < 4.78 is 26.1. The highest BCUT2D eigenvalue weighted by Crippen LogP contribution is 2.20. The number of benzene rings is 1. The molecule has 2 rings (SSSR count). The maximum Gasteiger partial charge on any atom is 0.235 e. The topological polar surface area (TPSA) is 58.2 Å². The van der Waals surface area contributed by atoms with Gasteiger partial charge in [0.15, 0.2) is 0 Å². The first kappa shape index (κ1) is 12.4. The zero-order valence-electron chi connectivity index (χ0n) is 10.2. The van der Waals surface area contributed by atoms with Crippen molar-refractivity contribution in [2.45, 2.75) is 32.1 Å². The highest BCUT2D eigenvalue weighted by atomic mass is 32.2. The third-order valence-electron chi connectivity index (χ3n) is 2.97. The van der Waals surface area contributed by atoms with Crippen LogP contribution in [0.1, 0.15) is 25.0 Å². The SMILES string of the molecule is CC(C)S(=O)(=O)Nc1ccc2c(c1)CNCC2. The Morgan fingerprint density at radius 1 is 1.29 bits per heavy atom. The second-order valence-corrected chi connectivity index (χ2v) is 6.84. The van der Waals surface area contributed by atoms with E-state index in [0.29, 0.717) is 5.69 Å². The van der Waals surface area contributed by atoms with Crippen LogP contribution >= 0.6 is 0 Å². The first-order chi connectivity index (χ1) is 7.99. The van der Waals surface area contributed by atoms with Crippen LogP contribution in [0, 0.1) is 0 Å². The second-order valence-electron chi connectivity index (χ2n) is 4.61. The van der Waals surface area contributed by atoms with Gasteiger partial charge in [0, 0.05) is 12.2 Å². The Labute approximate surface area is 102 Å². The average Bonchev–Trinajstić information content (AvgIpc) is 2.28. The van der Waals surface area contributed by atoms with Gasteiger partial charge in [-0.1, -0.05) is 6.07 Å². The highest BCUT2D eigenvalue weighted by molar-refractivity contribution is 7.93. The Kier molecular flexibility index (Phi) is 3.40. The smallest absolute Gasteiger partial charge is 0.235 e. The number of hydrogen-bond donors (Lipinski definition) is 2. The van der Waals surface area contributed by atoms with Crippen LogP contribution in [0.4, 0.5) is 5.69 Å². The normalized spacial score (nSPS) is 15.7. The molecule has 1 aliphatic heterocycles. The van der Waals surface area contributed by atoms with Gasteiger partial charge < -0.3 is 5.32 Å². The third-order valence-corrected chi connectivity index (χ3v) is 4.73. The van der Waals surface area contributed by atoms with Gasteiger partial charge in [0.1, 0.15) is 0 Å². The highest BCUT2D eigenvalue weighted by Gasteiger charge is 2.16. The van der Waals surface area contributed by atoms with Gasteiger partial charge in [0.25, 0.3) is 0 Å². The second kappa shape index (κ2) is 4.66. The molecule has 1 aromatic carbocycles. The lowest BCUT2D eigenvalue weighted by atomic mass is 10.0. The first-order valence-corrected chi connectivity index (χ1v) is 7.38. The molecule has 94 valence electrons. The Balaban J connectivity index is 2.23. The van der Waals surface area contributed by atoms with Crippen LogP contribution in [0.2, 0.25) is 0 Å². The summed E-state index contributed by atoms with van der Waals surface area (Å²) in [4.78, 5) is 0. The summed E-state index contributed by atoms with van der Waals surface area (Å²) in [6.45, 7) is 5.14. The molecular formula is C12H18N2O2S. The molecule has 0 saturated carbocycles. The molecule has 0 spiro atoms. The summed E-state index contributed by atoms with van der Waals surface area (Å²) in [6, 6.07) is 5.76. The molecule has 0 aromatic heterocycles. The predicted molar refractivity (Wildman–Crippen MR) is 69.5 cm³/mol. The van der Waals surface area contributed by atoms with Crippen molar-refractivity contribution in [3.63, 3.8) is 0 Å². The average molecular weight is 254 g/mol. The van der Waals surface area contributed by atoms with Crippen LogP contribution in [0.25, 0.3) is 0 Å². The number of fused-ring (bicyclic) bond motifs is 1. The monoisotopic (exact) mass is 254 g/mol. The molecule has 5 heteroatoms. The number of nitrogens with one attached hydrogen (secondary N) is 2. The summed E-state index contributed by atoms with van der Waals surface area (Å²) in [6.07, 6.45) is 1.01. The predicted octanol–water partition coefficient (Wildman–Crippen LogP) is 1.48. The van der Waals surface area contributed by atoms with Crippen molar-refractivity contribution in [1.29, 1.82) is 0 Å². The van der Waals surface area contributed by atoms with Crippen LogP contribution in [-0.4, -0.2) is 20.2 Å². The standard InChI is InChI=1S/C12H18N2O2S/c1-9(2)17(15,16)14-12-4-3-10-5-6-13-8-11(10)7-12/h3-4,7,9,13-14H,5-6,8H2,1-2H3. The van der Waals surface area contributed by atoms with E-state index in [-0.39, 0.29) is 0 Å². The van der Waals surface area contributed by atoms with Crippen LogP contribution in [0.5, 0.6) is 0 Å². The van der Waals surface area contributed by atoms with E-state index in [1.54, 1.807) is 13.8 Å². The van der Waals surface area contributed by atoms with Crippen molar-refractivity contribution in [2.75, 3.05) is 11.3 Å². The van der Waals surface area contributed by atoms with Gasteiger partial charge in [0.05, 0.1) is 5.25 Å². The summed E-state index contributed by atoms with van der Waals surface area (Å²) in [5.74, 6) is 0. The quantitative estimate of drug-likeness (QED) is 0.859. The van der Waals surface area contributed by atoms with Crippen molar-refractivity contribution in [2.24, 2.45) is 0 Å². The number of hydrogen-bond acceptors (Lipinski definition) is 3. The van der Waals surface area contributed by atoms with E-state index < -0.39 is 15.3 Å². The van der Waals surface area contributed by atoms with Crippen LogP contribution < -0.4 is 10.0 Å². The molecule has 1 heterocycles. The first-order valence-electron chi connectivity index (χ1n) is 5.83. The van der Waals surface area contributed by atoms with Crippen molar-refractivity contribution in [3.8, 4) is 0 Å². The lowest BCUT2D eigenvalue weighted by Gasteiger charge is -2.18. The van der Waals surface area contributed by atoms with Crippen molar-refractivity contribution < 1.29 is 8.42 Å². The van der Waals surface area contributed by atoms with Gasteiger partial charge in [-0.2, -0.15) is 0 Å². The van der Waals surface area contributed by atoms with E-state index in [1.807, 2.05) is 18.2 Å². The molecule has 0 aliphatic carbocycles. The fourth-order valence-corrected chi connectivity index (χ4v) is 2.52. The van der Waals surface area contributed by atoms with Crippen LogP contribution in [0.15, 0.2) is 18.2 Å². The molecule has 0 radical (unpaired) electrons. The van der Waals surface area contributed by atoms with E-state index in [9.17, 15) is 8.42 Å². The van der Waals surface area contributed by atoms with E-state index in [4.69, 9.17) is 0 Å². The minimum Gasteiger partial charge on any atom is -0.312 e. The van der Waals surface area contributed by atoms with Gasteiger partial charge in [-0.25, -0.2) is 8.42 Å². The Hall–Kier alpha value is -1.07. The van der Waals surface area contributed by atoms with E-state index in [0.717, 1.165) is 19.5 Å². The van der Waals surface area contributed by atoms with Gasteiger partial charge in [-0.05, 0) is 50.1 Å². The molecular weight excluding hydrogens is 236 g/mol. The molecule has 0 bridgehead atoms. The van der Waals surface area contributed by atoms with E-state index in [2.05, 4.69) is 10.0 Å². The van der Waals surface area contributed by atoms with Crippen LogP contribution in [0.3, 0.4) is 0 Å². The maximum atomic E-state index is 11.7. The summed E-state index contributed by atoms with van der Waals surface area (Å²) in [7, 11) is -3.25. The molecule has 17 heavy (non-hydrogen) atoms. The van der Waals surface area contributed by atoms with Gasteiger partial charge in [-0.15, -0.1) is 0 Å². The summed E-state index contributed by atoms with van der Waals surface area (Å²) in [5, 5.41) is 2.86. The minimum absolute atomic E-state index is 0.420. The fourth-order valence-electron chi connectivity index (χ4n) is 1.83. The summed E-state index contributed by atoms with van der Waals surface area (Å²) in [5.41, 5.74) is 3.14. The fraction of sp³-hybridized carbons (Fsp3) is 0.500. The van der Waals surface area contributed by atoms with E-state index in [1.165, 1.54) is 11.1 Å². The molecule has 0 amide bonds.